The molecule has 0 aliphatic rings. The first-order valence-corrected chi connectivity index (χ1v) is 4.43. The van der Waals surface area contributed by atoms with Gasteiger partial charge in [-0.25, -0.2) is 0 Å². The summed E-state index contributed by atoms with van der Waals surface area (Å²) < 4.78 is 15.1. The molecule has 0 heterocycles. The van der Waals surface area contributed by atoms with Gasteiger partial charge < -0.3 is 0 Å². The lowest BCUT2D eigenvalue weighted by atomic mass is 10.1. The molecule has 1 rings (SSSR count). The van der Waals surface area contributed by atoms with E-state index in [0.29, 0.717) is 5.75 Å². The molecule has 1 atom stereocenters. The van der Waals surface area contributed by atoms with E-state index in [2.05, 4.69) is 6.58 Å². The zero-order valence-corrected chi connectivity index (χ0v) is 7.62. The molecule has 0 fully saturated rings. The highest BCUT2D eigenvalue weighted by molar-refractivity contribution is 7.17. The zero-order chi connectivity index (χ0) is 8.81. The van der Waals surface area contributed by atoms with Gasteiger partial charge in [-0.3, -0.25) is 4.52 Å². The van der Waals surface area contributed by atoms with Crippen LogP contribution in [0.25, 0.3) is 0 Å². The molecular formula is C9H10O2P+. The first-order valence-electron chi connectivity index (χ1n) is 3.61. The van der Waals surface area contributed by atoms with Crippen molar-refractivity contribution in [3.63, 3.8) is 0 Å². The third-order valence-electron chi connectivity index (χ3n) is 1.49. The Balaban J connectivity index is 2.90. The minimum Gasteiger partial charge on any atom is -0.256 e. The van der Waals surface area contributed by atoms with Gasteiger partial charge in [0, 0.05) is 5.56 Å². The van der Waals surface area contributed by atoms with Crippen LogP contribution in [0.3, 0.4) is 0 Å². The van der Waals surface area contributed by atoms with Crippen molar-refractivity contribution < 1.29 is 9.09 Å². The molecule has 0 saturated carbocycles. The van der Waals surface area contributed by atoms with Crippen molar-refractivity contribution in [2.75, 3.05) is 0 Å². The highest BCUT2D eigenvalue weighted by Gasteiger charge is 2.03. The van der Waals surface area contributed by atoms with Crippen LogP contribution >= 0.6 is 8.69 Å². The number of benzene rings is 1. The Labute approximate surface area is 73.2 Å². The molecule has 0 aromatic heterocycles. The summed E-state index contributed by atoms with van der Waals surface area (Å²) in [4.78, 5) is 0. The first kappa shape index (κ1) is 8.95. The summed E-state index contributed by atoms with van der Waals surface area (Å²) in [5, 5.41) is 0. The predicted octanol–water partition coefficient (Wildman–Crippen LogP) is 2.73. The number of rotatable bonds is 4. The largest absolute Gasteiger partial charge is 0.542 e. The van der Waals surface area contributed by atoms with E-state index in [1.165, 1.54) is 0 Å². The minimum absolute atomic E-state index is 0.672. The lowest BCUT2D eigenvalue weighted by Crippen LogP contribution is -1.85. The van der Waals surface area contributed by atoms with Crippen LogP contribution < -0.4 is 4.52 Å². The van der Waals surface area contributed by atoms with E-state index in [0.717, 1.165) is 12.0 Å². The molecule has 1 unspecified atom stereocenters. The van der Waals surface area contributed by atoms with Crippen LogP contribution in [0.1, 0.15) is 5.56 Å². The highest BCUT2D eigenvalue weighted by Crippen LogP contribution is 2.21. The summed E-state index contributed by atoms with van der Waals surface area (Å²) in [7, 11) is -0.748. The monoisotopic (exact) mass is 181 g/mol. The Kier molecular flexibility index (Phi) is 3.49. The summed E-state index contributed by atoms with van der Waals surface area (Å²) in [6.45, 7) is 3.63. The van der Waals surface area contributed by atoms with Crippen molar-refractivity contribution >= 4 is 8.69 Å². The summed E-state index contributed by atoms with van der Waals surface area (Å²) in [5.74, 6) is 0.672. The van der Waals surface area contributed by atoms with E-state index in [-0.39, 0.29) is 0 Å². The zero-order valence-electron chi connectivity index (χ0n) is 6.62. The number of para-hydroxylation sites is 1. The average molecular weight is 181 g/mol. The normalized spacial score (nSPS) is 9.67. The highest BCUT2D eigenvalue weighted by atomic mass is 31.1. The Morgan fingerprint density at radius 2 is 2.25 bits per heavy atom. The quantitative estimate of drug-likeness (QED) is 0.527. The van der Waals surface area contributed by atoms with Crippen molar-refractivity contribution in [2.45, 2.75) is 6.42 Å². The predicted molar refractivity (Wildman–Crippen MR) is 50.0 cm³/mol. The van der Waals surface area contributed by atoms with E-state index in [4.69, 9.17) is 4.52 Å². The van der Waals surface area contributed by atoms with Crippen molar-refractivity contribution in [3.8, 4) is 5.75 Å². The third kappa shape index (κ3) is 2.18. The summed E-state index contributed by atoms with van der Waals surface area (Å²) in [6, 6.07) is 7.49. The molecule has 0 aliphatic heterocycles. The van der Waals surface area contributed by atoms with Crippen molar-refractivity contribution in [1.82, 2.24) is 0 Å². The molecule has 0 aliphatic carbocycles. The van der Waals surface area contributed by atoms with E-state index in [1.54, 1.807) is 12.1 Å². The molecule has 0 saturated heterocycles. The minimum atomic E-state index is -0.748. The molecule has 3 heteroatoms. The molecule has 62 valence electrons. The fraction of sp³-hybridized carbons (Fsp3) is 0.111. The molecule has 0 radical (unpaired) electrons. The van der Waals surface area contributed by atoms with Gasteiger partial charge in [0.2, 0.25) is 0 Å². The Hall–Kier alpha value is -1.14. The average Bonchev–Trinajstić information content (AvgIpc) is 2.09. The van der Waals surface area contributed by atoms with Gasteiger partial charge in [0.1, 0.15) is 0 Å². The standard InChI is InChI=1S/C9H10O2P/c1-2-5-8-6-3-4-7-9(8)11-12-10/h2-4,6-7,12H,1,5H2/q+1. The van der Waals surface area contributed by atoms with Gasteiger partial charge in [-0.1, -0.05) is 24.3 Å². The van der Waals surface area contributed by atoms with Gasteiger partial charge in [0.15, 0.2) is 5.75 Å². The van der Waals surface area contributed by atoms with Gasteiger partial charge in [0.25, 0.3) is 0 Å². The fourth-order valence-electron chi connectivity index (χ4n) is 0.972. The second kappa shape index (κ2) is 4.68. The van der Waals surface area contributed by atoms with Gasteiger partial charge in [0.05, 0.1) is 0 Å². The molecule has 12 heavy (non-hydrogen) atoms. The lowest BCUT2D eigenvalue weighted by molar-refractivity contribution is 0.522. The molecule has 1 aromatic rings. The third-order valence-corrected chi connectivity index (χ3v) is 1.79. The molecule has 0 bridgehead atoms. The van der Waals surface area contributed by atoms with Crippen LogP contribution in [0.5, 0.6) is 5.75 Å². The maximum absolute atomic E-state index is 10.2. The Bertz CT molecular complexity index is 255. The van der Waals surface area contributed by atoms with Gasteiger partial charge in [-0.15, -0.1) is 6.58 Å². The number of allylic oxidation sites excluding steroid dienone is 1. The van der Waals surface area contributed by atoms with Gasteiger partial charge in [-0.2, -0.15) is 0 Å². The first-order chi connectivity index (χ1) is 5.88. The van der Waals surface area contributed by atoms with Gasteiger partial charge >= 0.3 is 8.69 Å². The van der Waals surface area contributed by atoms with Crippen LogP contribution in [0, 0.1) is 0 Å². The topological polar surface area (TPSA) is 26.3 Å². The second-order valence-electron chi connectivity index (χ2n) is 2.29. The maximum atomic E-state index is 10.2. The summed E-state index contributed by atoms with van der Waals surface area (Å²) in [6.07, 6.45) is 2.52. The molecule has 2 nitrogen and oxygen atoms in total. The van der Waals surface area contributed by atoms with Crippen molar-refractivity contribution in [1.29, 1.82) is 0 Å². The van der Waals surface area contributed by atoms with Crippen molar-refractivity contribution in [3.05, 3.63) is 42.5 Å². The smallest absolute Gasteiger partial charge is 0.256 e. The van der Waals surface area contributed by atoms with Gasteiger partial charge in [-0.05, 0) is 17.1 Å². The molecule has 0 N–H and O–H groups in total. The lowest BCUT2D eigenvalue weighted by Gasteiger charge is -1.98. The van der Waals surface area contributed by atoms with Crippen LogP contribution in [0.4, 0.5) is 0 Å². The molecular weight excluding hydrogens is 171 g/mol. The van der Waals surface area contributed by atoms with Crippen LogP contribution in [-0.4, -0.2) is 0 Å². The molecule has 0 spiro atoms. The van der Waals surface area contributed by atoms with E-state index in [9.17, 15) is 4.57 Å². The van der Waals surface area contributed by atoms with E-state index >= 15 is 0 Å². The van der Waals surface area contributed by atoms with Crippen LogP contribution in [-0.2, 0) is 11.0 Å². The molecule has 1 aromatic carbocycles. The maximum Gasteiger partial charge on any atom is 0.542 e. The Morgan fingerprint density at radius 1 is 1.50 bits per heavy atom. The SMILES string of the molecule is C=CCc1ccccc1O[PH+]=O. The number of hydrogen-bond acceptors (Lipinski definition) is 2. The fourth-order valence-corrected chi connectivity index (χ4v) is 1.26. The second-order valence-corrected chi connectivity index (χ2v) is 2.66. The van der Waals surface area contributed by atoms with Crippen LogP contribution in [0.2, 0.25) is 0 Å². The Morgan fingerprint density at radius 3 is 2.92 bits per heavy atom. The van der Waals surface area contributed by atoms with E-state index < -0.39 is 8.69 Å². The van der Waals surface area contributed by atoms with E-state index in [1.807, 2.05) is 18.2 Å². The molecule has 0 amide bonds. The summed E-state index contributed by atoms with van der Waals surface area (Å²) in [5.41, 5.74) is 1.01. The van der Waals surface area contributed by atoms with Crippen molar-refractivity contribution in [2.24, 2.45) is 0 Å². The number of hydrogen-bond donors (Lipinski definition) is 0. The van der Waals surface area contributed by atoms with Crippen LogP contribution in [0.15, 0.2) is 36.9 Å². The summed E-state index contributed by atoms with van der Waals surface area (Å²) >= 11 is 0.